The lowest BCUT2D eigenvalue weighted by atomic mass is 9.83. The van der Waals surface area contributed by atoms with Crippen molar-refractivity contribution in [3.8, 4) is 5.75 Å². The first kappa shape index (κ1) is 14.6. The second kappa shape index (κ2) is 5.44. The molecule has 4 heteroatoms. The molecule has 1 aromatic heterocycles. The van der Waals surface area contributed by atoms with Gasteiger partial charge in [-0.15, -0.1) is 0 Å². The molecule has 0 radical (unpaired) electrons. The number of fused-ring (bicyclic) bond motifs is 1. The van der Waals surface area contributed by atoms with E-state index in [-0.39, 0.29) is 5.56 Å². The van der Waals surface area contributed by atoms with Crippen molar-refractivity contribution in [3.05, 3.63) is 62.6 Å². The van der Waals surface area contributed by atoms with Crippen LogP contribution in [0.2, 0.25) is 0 Å². The van der Waals surface area contributed by atoms with E-state index in [4.69, 9.17) is 4.74 Å². The van der Waals surface area contributed by atoms with Crippen molar-refractivity contribution in [2.75, 3.05) is 7.11 Å². The van der Waals surface area contributed by atoms with Gasteiger partial charge >= 0.3 is 0 Å². The van der Waals surface area contributed by atoms with Gasteiger partial charge in [-0.3, -0.25) is 4.79 Å². The first-order valence-corrected chi connectivity index (χ1v) is 7.45. The Hall–Kier alpha value is -2.36. The quantitative estimate of drug-likeness (QED) is 0.856. The number of methoxy groups -OCH3 is 1. The molecule has 3 rings (SSSR count). The molecule has 0 N–H and O–H groups in total. The van der Waals surface area contributed by atoms with Gasteiger partial charge in [0.1, 0.15) is 5.69 Å². The van der Waals surface area contributed by atoms with E-state index in [1.165, 1.54) is 15.8 Å². The molecule has 2 aromatic rings. The lowest BCUT2D eigenvalue weighted by Crippen LogP contribution is -2.26. The van der Waals surface area contributed by atoms with Crippen LogP contribution in [0.1, 0.15) is 35.7 Å². The highest BCUT2D eigenvalue weighted by molar-refractivity contribution is 5.87. The van der Waals surface area contributed by atoms with Crippen LogP contribution in [0, 0.1) is 6.92 Å². The summed E-state index contributed by atoms with van der Waals surface area (Å²) in [7, 11) is 3.28. The minimum atomic E-state index is -0.117. The Morgan fingerprint density at radius 3 is 2.64 bits per heavy atom. The van der Waals surface area contributed by atoms with Crippen molar-refractivity contribution >= 4 is 5.57 Å². The summed E-state index contributed by atoms with van der Waals surface area (Å²) in [5, 5.41) is 4.24. The Balaban J connectivity index is 2.39. The van der Waals surface area contributed by atoms with Crippen molar-refractivity contribution in [3.63, 3.8) is 0 Å². The molecule has 1 heterocycles. The van der Waals surface area contributed by atoms with Crippen LogP contribution in [-0.4, -0.2) is 16.9 Å². The molecule has 1 aliphatic carbocycles. The maximum absolute atomic E-state index is 12.7. The van der Waals surface area contributed by atoms with Crippen molar-refractivity contribution < 1.29 is 4.74 Å². The van der Waals surface area contributed by atoms with E-state index in [1.54, 1.807) is 14.2 Å². The summed E-state index contributed by atoms with van der Waals surface area (Å²) in [5.74, 6) is 0.578. The van der Waals surface area contributed by atoms with Crippen LogP contribution in [0.25, 0.3) is 5.57 Å². The summed E-state index contributed by atoms with van der Waals surface area (Å²) in [5.41, 5.74) is 5.87. The van der Waals surface area contributed by atoms with Gasteiger partial charge in [-0.25, -0.2) is 4.68 Å². The monoisotopic (exact) mass is 296 g/mol. The molecule has 0 saturated carbocycles. The van der Waals surface area contributed by atoms with Crippen molar-refractivity contribution in [1.82, 2.24) is 9.78 Å². The average Bonchev–Trinajstić information content (AvgIpc) is 2.51. The van der Waals surface area contributed by atoms with Crippen LogP contribution in [0.15, 0.2) is 34.6 Å². The van der Waals surface area contributed by atoms with Crippen LogP contribution in [-0.2, 0) is 13.5 Å². The number of aromatic nitrogens is 2. The van der Waals surface area contributed by atoms with Crippen LogP contribution < -0.4 is 10.3 Å². The molecule has 114 valence electrons. The minimum absolute atomic E-state index is 0.117. The predicted octanol–water partition coefficient (Wildman–Crippen LogP) is 2.87. The summed E-state index contributed by atoms with van der Waals surface area (Å²) in [6.45, 7) is 3.96. The van der Waals surface area contributed by atoms with E-state index in [0.29, 0.717) is 11.3 Å². The van der Waals surface area contributed by atoms with E-state index in [0.717, 1.165) is 29.7 Å². The molecular weight excluding hydrogens is 276 g/mol. The standard InChI is InChI=1S/C18H20N2O2/c1-11-9-10-13-7-5-6-8-14(13)15(11)16-17(22-4)12(2)19-20(3)18(16)21/h5-8H,9-10H2,1-4H3. The van der Waals surface area contributed by atoms with E-state index in [9.17, 15) is 4.79 Å². The molecule has 0 fully saturated rings. The maximum atomic E-state index is 12.7. The number of benzene rings is 1. The van der Waals surface area contributed by atoms with E-state index in [1.807, 2.05) is 19.1 Å². The fourth-order valence-corrected chi connectivity index (χ4v) is 3.23. The van der Waals surface area contributed by atoms with Crippen molar-refractivity contribution in [2.24, 2.45) is 7.05 Å². The zero-order valence-electron chi connectivity index (χ0n) is 13.4. The summed E-state index contributed by atoms with van der Waals surface area (Å²) in [6.07, 6.45) is 1.97. The van der Waals surface area contributed by atoms with Gasteiger partial charge in [0.25, 0.3) is 5.56 Å². The number of nitrogens with zero attached hydrogens (tertiary/aromatic N) is 2. The summed E-state index contributed by atoms with van der Waals surface area (Å²) in [4.78, 5) is 12.7. The van der Waals surface area contributed by atoms with Gasteiger partial charge in [0.2, 0.25) is 0 Å². The predicted molar refractivity (Wildman–Crippen MR) is 87.2 cm³/mol. The number of aryl methyl sites for hydroxylation is 3. The van der Waals surface area contributed by atoms with Gasteiger partial charge < -0.3 is 4.74 Å². The number of allylic oxidation sites excluding steroid dienone is 1. The molecule has 1 aromatic carbocycles. The molecule has 0 bridgehead atoms. The number of hydrogen-bond acceptors (Lipinski definition) is 3. The van der Waals surface area contributed by atoms with Gasteiger partial charge in [-0.2, -0.15) is 5.10 Å². The molecule has 0 aliphatic heterocycles. The highest BCUT2D eigenvalue weighted by Crippen LogP contribution is 2.38. The van der Waals surface area contributed by atoms with Gasteiger partial charge in [0.15, 0.2) is 5.75 Å². The zero-order chi connectivity index (χ0) is 15.9. The topological polar surface area (TPSA) is 44.1 Å². The second-order valence-electron chi connectivity index (χ2n) is 5.73. The molecule has 0 saturated heterocycles. The third-order valence-electron chi connectivity index (χ3n) is 4.30. The molecule has 0 atom stereocenters. The van der Waals surface area contributed by atoms with E-state index < -0.39 is 0 Å². The third-order valence-corrected chi connectivity index (χ3v) is 4.30. The Kier molecular flexibility index (Phi) is 3.61. The van der Waals surface area contributed by atoms with E-state index >= 15 is 0 Å². The lowest BCUT2D eigenvalue weighted by molar-refractivity contribution is 0.402. The zero-order valence-corrected chi connectivity index (χ0v) is 13.4. The summed E-state index contributed by atoms with van der Waals surface area (Å²) >= 11 is 0. The molecule has 22 heavy (non-hydrogen) atoms. The van der Waals surface area contributed by atoms with Crippen molar-refractivity contribution in [2.45, 2.75) is 26.7 Å². The normalized spacial score (nSPS) is 14.0. The first-order chi connectivity index (χ1) is 10.5. The average molecular weight is 296 g/mol. The molecular formula is C18H20N2O2. The largest absolute Gasteiger partial charge is 0.494 e. The second-order valence-corrected chi connectivity index (χ2v) is 5.73. The Morgan fingerprint density at radius 2 is 1.91 bits per heavy atom. The van der Waals surface area contributed by atoms with Crippen molar-refractivity contribution in [1.29, 1.82) is 0 Å². The minimum Gasteiger partial charge on any atom is -0.494 e. The lowest BCUT2D eigenvalue weighted by Gasteiger charge is -2.23. The third kappa shape index (κ3) is 2.15. The molecule has 0 spiro atoms. The molecule has 4 nitrogen and oxygen atoms in total. The van der Waals surface area contributed by atoms with Gasteiger partial charge in [0.05, 0.1) is 12.7 Å². The van der Waals surface area contributed by atoms with Crippen LogP contribution >= 0.6 is 0 Å². The van der Waals surface area contributed by atoms with Gasteiger partial charge in [0, 0.05) is 7.05 Å². The number of ether oxygens (including phenoxy) is 1. The fourth-order valence-electron chi connectivity index (χ4n) is 3.23. The fraction of sp³-hybridized carbons (Fsp3) is 0.333. The highest BCUT2D eigenvalue weighted by atomic mass is 16.5. The summed E-state index contributed by atoms with van der Waals surface area (Å²) in [6, 6.07) is 8.28. The van der Waals surface area contributed by atoms with E-state index in [2.05, 4.69) is 24.2 Å². The molecule has 1 aliphatic rings. The van der Waals surface area contributed by atoms with Crippen LogP contribution in [0.4, 0.5) is 0 Å². The molecule has 0 unspecified atom stereocenters. The molecule has 0 amide bonds. The van der Waals surface area contributed by atoms with Gasteiger partial charge in [-0.1, -0.05) is 29.8 Å². The van der Waals surface area contributed by atoms with Crippen LogP contribution in [0.3, 0.4) is 0 Å². The SMILES string of the molecule is COc1c(C)nn(C)c(=O)c1C1=C(C)CCc2ccccc21. The maximum Gasteiger partial charge on any atom is 0.278 e. The highest BCUT2D eigenvalue weighted by Gasteiger charge is 2.25. The van der Waals surface area contributed by atoms with Crippen LogP contribution in [0.5, 0.6) is 5.75 Å². The Morgan fingerprint density at radius 1 is 1.18 bits per heavy atom. The number of hydrogen-bond donors (Lipinski definition) is 0. The summed E-state index contributed by atoms with van der Waals surface area (Å²) < 4.78 is 6.91. The first-order valence-electron chi connectivity index (χ1n) is 7.45. The Labute approximate surface area is 130 Å². The number of rotatable bonds is 2. The Bertz CT molecular complexity index is 831. The smallest absolute Gasteiger partial charge is 0.278 e. The van der Waals surface area contributed by atoms with Gasteiger partial charge in [-0.05, 0) is 43.4 Å².